The molecule has 1 aliphatic carbocycles. The Bertz CT molecular complexity index is 823. The summed E-state index contributed by atoms with van der Waals surface area (Å²) >= 11 is 5.98. The van der Waals surface area contributed by atoms with Gasteiger partial charge in [-0.2, -0.15) is 0 Å². The van der Waals surface area contributed by atoms with E-state index in [0.717, 1.165) is 13.2 Å². The number of fused-ring (bicyclic) bond motifs is 1. The minimum atomic E-state index is -2.35. The molecular weight excluding hydrogens is 340 g/mol. The molecule has 24 heavy (non-hydrogen) atoms. The molecule has 1 spiro atoms. The summed E-state index contributed by atoms with van der Waals surface area (Å²) in [5, 5.41) is -0.364. The lowest BCUT2D eigenvalue weighted by Crippen LogP contribution is -2.56. The predicted molar refractivity (Wildman–Crippen MR) is 80.2 cm³/mol. The Morgan fingerprint density at radius 1 is 1.17 bits per heavy atom. The van der Waals surface area contributed by atoms with Crippen molar-refractivity contribution in [3.05, 3.63) is 52.3 Å². The molecule has 0 fully saturated rings. The van der Waals surface area contributed by atoms with Crippen LogP contribution in [0.1, 0.15) is 10.4 Å². The van der Waals surface area contributed by atoms with E-state index in [2.05, 4.69) is 4.74 Å². The number of esters is 2. The Labute approximate surface area is 141 Å². The number of methoxy groups -OCH3 is 2. The van der Waals surface area contributed by atoms with Crippen LogP contribution < -0.4 is 4.74 Å². The molecule has 0 saturated heterocycles. The van der Waals surface area contributed by atoms with Crippen molar-refractivity contribution in [2.75, 3.05) is 14.2 Å². The first-order valence-electron chi connectivity index (χ1n) is 6.75. The minimum absolute atomic E-state index is 0.0637. The fourth-order valence-corrected chi connectivity index (χ4v) is 2.66. The van der Waals surface area contributed by atoms with Gasteiger partial charge in [-0.3, -0.25) is 4.79 Å². The van der Waals surface area contributed by atoms with Crippen LogP contribution in [0.3, 0.4) is 0 Å². The lowest BCUT2D eigenvalue weighted by molar-refractivity contribution is -0.169. The van der Waals surface area contributed by atoms with Gasteiger partial charge in [-0.1, -0.05) is 23.7 Å². The summed E-state index contributed by atoms with van der Waals surface area (Å²) in [6.07, 6.45) is 1.15. The molecule has 1 aromatic rings. The number of carbonyl (C=O) groups excluding carboxylic acids is 3. The molecule has 0 amide bonds. The number of Topliss-reactive ketones (excluding diaryl/α,β-unsaturated/α-hetero) is 1. The highest BCUT2D eigenvalue weighted by atomic mass is 35.5. The predicted octanol–water partition coefficient (Wildman–Crippen LogP) is 1.71. The number of rotatable bonds is 2. The largest absolute Gasteiger partial charge is 0.495 e. The van der Waals surface area contributed by atoms with E-state index in [0.29, 0.717) is 0 Å². The van der Waals surface area contributed by atoms with E-state index in [9.17, 15) is 14.4 Å². The van der Waals surface area contributed by atoms with E-state index < -0.39 is 23.5 Å². The smallest absolute Gasteiger partial charge is 0.354 e. The summed E-state index contributed by atoms with van der Waals surface area (Å²) < 4.78 is 20.4. The average molecular weight is 351 g/mol. The van der Waals surface area contributed by atoms with Crippen molar-refractivity contribution < 1.29 is 33.3 Å². The van der Waals surface area contributed by atoms with Crippen LogP contribution in [-0.4, -0.2) is 37.7 Å². The van der Waals surface area contributed by atoms with Crippen LogP contribution in [0.5, 0.6) is 5.75 Å². The Balaban J connectivity index is 2.20. The highest BCUT2D eigenvalue weighted by molar-refractivity contribution is 6.45. The Morgan fingerprint density at radius 2 is 1.88 bits per heavy atom. The molecule has 1 aromatic carbocycles. The second-order valence-electron chi connectivity index (χ2n) is 4.87. The molecule has 0 bridgehead atoms. The van der Waals surface area contributed by atoms with Gasteiger partial charge in [0, 0.05) is 6.08 Å². The highest BCUT2D eigenvalue weighted by Crippen LogP contribution is 2.42. The lowest BCUT2D eigenvalue weighted by atomic mass is 9.93. The molecule has 0 aromatic heterocycles. The molecule has 124 valence electrons. The van der Waals surface area contributed by atoms with Gasteiger partial charge in [-0.25, -0.2) is 9.59 Å². The van der Waals surface area contributed by atoms with Crippen molar-refractivity contribution in [3.8, 4) is 5.75 Å². The number of allylic oxidation sites excluding steroid dienone is 1. The van der Waals surface area contributed by atoms with E-state index in [4.69, 9.17) is 25.8 Å². The molecule has 2 aliphatic rings. The number of carbonyl (C=O) groups is 3. The van der Waals surface area contributed by atoms with Crippen LogP contribution in [0, 0.1) is 0 Å². The highest BCUT2D eigenvalue weighted by Gasteiger charge is 2.58. The standard InChI is InChI=1S/C16H11ClO7/c1-21-11-7-9(15(20)22-2)16(13(18)12(11)17)23-10-6-4-3-5-8(10)14(19)24-16/h3-7H,1-2H3/t16-/m1/s1. The number of hydrogen-bond acceptors (Lipinski definition) is 7. The zero-order valence-corrected chi connectivity index (χ0v) is 13.4. The maximum Gasteiger partial charge on any atom is 0.354 e. The maximum absolute atomic E-state index is 12.7. The van der Waals surface area contributed by atoms with Crippen LogP contribution in [0.15, 0.2) is 46.7 Å². The summed E-state index contributed by atoms with van der Waals surface area (Å²) in [6.45, 7) is 0. The number of hydrogen-bond donors (Lipinski definition) is 0. The molecule has 1 atom stereocenters. The van der Waals surface area contributed by atoms with E-state index >= 15 is 0 Å². The second-order valence-corrected chi connectivity index (χ2v) is 5.24. The van der Waals surface area contributed by atoms with Crippen LogP contribution in [-0.2, 0) is 23.8 Å². The molecule has 3 rings (SSSR count). The van der Waals surface area contributed by atoms with Gasteiger partial charge in [-0.05, 0) is 12.1 Å². The van der Waals surface area contributed by atoms with E-state index in [1.54, 1.807) is 12.1 Å². The number of para-hydroxylation sites is 1. The van der Waals surface area contributed by atoms with Crippen LogP contribution in [0.25, 0.3) is 0 Å². The third-order valence-corrected chi connectivity index (χ3v) is 3.92. The van der Waals surface area contributed by atoms with E-state index in [-0.39, 0.29) is 27.7 Å². The maximum atomic E-state index is 12.7. The molecule has 0 unspecified atom stereocenters. The summed E-state index contributed by atoms with van der Waals surface area (Å²) in [7, 11) is 2.39. The number of benzene rings is 1. The fraction of sp³-hybridized carbons (Fsp3) is 0.188. The van der Waals surface area contributed by atoms with Gasteiger partial charge in [0.2, 0.25) is 0 Å². The third kappa shape index (κ3) is 2.16. The summed E-state index contributed by atoms with van der Waals surface area (Å²) in [6, 6.07) is 6.16. The van der Waals surface area contributed by atoms with Crippen LogP contribution >= 0.6 is 11.6 Å². The lowest BCUT2D eigenvalue weighted by Gasteiger charge is -2.38. The van der Waals surface area contributed by atoms with Crippen molar-refractivity contribution in [1.29, 1.82) is 0 Å². The van der Waals surface area contributed by atoms with Crippen molar-refractivity contribution in [3.63, 3.8) is 0 Å². The molecule has 0 saturated carbocycles. The van der Waals surface area contributed by atoms with Gasteiger partial charge in [0.05, 0.1) is 14.2 Å². The van der Waals surface area contributed by atoms with Gasteiger partial charge in [0.15, 0.2) is 0 Å². The zero-order valence-electron chi connectivity index (χ0n) is 12.6. The number of ether oxygens (including phenoxy) is 4. The molecule has 8 heteroatoms. The molecule has 1 heterocycles. The number of ketones is 1. The van der Waals surface area contributed by atoms with Gasteiger partial charge >= 0.3 is 17.7 Å². The van der Waals surface area contributed by atoms with E-state index in [1.807, 2.05) is 0 Å². The van der Waals surface area contributed by atoms with Crippen molar-refractivity contribution >= 4 is 29.3 Å². The minimum Gasteiger partial charge on any atom is -0.495 e. The molecule has 7 nitrogen and oxygen atoms in total. The van der Waals surface area contributed by atoms with Crippen LogP contribution in [0.2, 0.25) is 0 Å². The van der Waals surface area contributed by atoms with Crippen molar-refractivity contribution in [1.82, 2.24) is 0 Å². The topological polar surface area (TPSA) is 88.1 Å². The molecular formula is C16H11ClO7. The van der Waals surface area contributed by atoms with Gasteiger partial charge < -0.3 is 18.9 Å². The Morgan fingerprint density at radius 3 is 2.54 bits per heavy atom. The summed E-state index contributed by atoms with van der Waals surface area (Å²) in [5.74, 6) is -5.02. The first-order chi connectivity index (χ1) is 11.4. The van der Waals surface area contributed by atoms with Crippen LogP contribution in [0.4, 0.5) is 0 Å². The molecule has 0 radical (unpaired) electrons. The zero-order chi connectivity index (χ0) is 17.5. The van der Waals surface area contributed by atoms with Crippen molar-refractivity contribution in [2.24, 2.45) is 0 Å². The Hall–Kier alpha value is -2.80. The monoisotopic (exact) mass is 350 g/mol. The van der Waals surface area contributed by atoms with E-state index in [1.165, 1.54) is 19.2 Å². The average Bonchev–Trinajstić information content (AvgIpc) is 2.59. The van der Waals surface area contributed by atoms with Gasteiger partial charge in [0.25, 0.3) is 5.78 Å². The second kappa shape index (κ2) is 5.68. The molecule has 0 N–H and O–H groups in total. The van der Waals surface area contributed by atoms with Gasteiger partial charge in [0.1, 0.15) is 27.7 Å². The normalized spacial score (nSPS) is 22.4. The summed E-state index contributed by atoms with van der Waals surface area (Å²) in [4.78, 5) is 37.2. The van der Waals surface area contributed by atoms with Crippen molar-refractivity contribution in [2.45, 2.75) is 5.79 Å². The first kappa shape index (κ1) is 16.1. The van der Waals surface area contributed by atoms with Gasteiger partial charge in [-0.15, -0.1) is 0 Å². The molecule has 1 aliphatic heterocycles. The quantitative estimate of drug-likeness (QED) is 0.750. The number of halogens is 1. The third-order valence-electron chi connectivity index (χ3n) is 3.57. The first-order valence-corrected chi connectivity index (χ1v) is 7.13. The summed E-state index contributed by atoms with van der Waals surface area (Å²) in [5.41, 5.74) is -0.225. The SMILES string of the molecule is COC(=O)C1=CC(OC)=C(Cl)C(=O)[C@]12OC(=O)c1ccccc1O2. The Kier molecular flexibility index (Phi) is 3.81. The fourth-order valence-electron chi connectivity index (χ4n) is 2.41.